The number of aliphatic hydroxyl groups is 1. The van der Waals surface area contributed by atoms with Crippen LogP contribution in [0.4, 0.5) is 0 Å². The fraction of sp³-hybridized carbons (Fsp3) is 0.308. The molecule has 0 radical (unpaired) electrons. The van der Waals surface area contributed by atoms with Crippen molar-refractivity contribution in [1.82, 2.24) is 4.98 Å². The van der Waals surface area contributed by atoms with Crippen molar-refractivity contribution >= 4 is 0 Å². The molecule has 2 fully saturated rings. The molecule has 0 saturated carbocycles. The molecule has 2 aliphatic rings. The van der Waals surface area contributed by atoms with Gasteiger partial charge in [-0.2, -0.15) is 5.26 Å². The molecule has 33 heavy (non-hydrogen) atoms. The highest BCUT2D eigenvalue weighted by atomic mass is 16.8. The first-order valence-electron chi connectivity index (χ1n) is 10.9. The standard InChI is InChI=1S/C26H24N2O5/c27-15-20-13-7-12-19(28-20)14-21-23-24(33-25(30-21)17-8-3-1-4-9-17)22(16-29)31-26(32-23)18-10-5-2-6-11-18/h1-13,21-26,29H,14,16H2/t21-,22-,23+,24-,25?,26?/m1/s1. The van der Waals surface area contributed by atoms with Crippen LogP contribution < -0.4 is 0 Å². The summed E-state index contributed by atoms with van der Waals surface area (Å²) >= 11 is 0. The van der Waals surface area contributed by atoms with E-state index in [1.807, 2.05) is 66.7 Å². The van der Waals surface area contributed by atoms with E-state index in [4.69, 9.17) is 18.9 Å². The molecule has 0 bridgehead atoms. The van der Waals surface area contributed by atoms with E-state index in [9.17, 15) is 10.4 Å². The molecule has 2 aromatic carbocycles. The lowest BCUT2D eigenvalue weighted by Gasteiger charge is -2.49. The van der Waals surface area contributed by atoms with Crippen molar-refractivity contribution in [3.05, 3.63) is 101 Å². The molecular formula is C26H24N2O5. The highest BCUT2D eigenvalue weighted by molar-refractivity contribution is 5.23. The zero-order valence-corrected chi connectivity index (χ0v) is 17.9. The third-order valence-corrected chi connectivity index (χ3v) is 5.87. The molecule has 0 aliphatic carbocycles. The van der Waals surface area contributed by atoms with Gasteiger partial charge in [-0.3, -0.25) is 0 Å². The topological polar surface area (TPSA) is 93.8 Å². The quantitative estimate of drug-likeness (QED) is 0.644. The Kier molecular flexibility index (Phi) is 6.44. The monoisotopic (exact) mass is 444 g/mol. The second-order valence-electron chi connectivity index (χ2n) is 8.05. The molecule has 1 N–H and O–H groups in total. The van der Waals surface area contributed by atoms with Crippen LogP contribution in [-0.2, 0) is 25.4 Å². The molecule has 2 unspecified atom stereocenters. The summed E-state index contributed by atoms with van der Waals surface area (Å²) < 4.78 is 25.1. The van der Waals surface area contributed by atoms with Crippen LogP contribution in [0.15, 0.2) is 78.9 Å². The number of pyridine rings is 1. The Balaban J connectivity index is 1.47. The third kappa shape index (κ3) is 4.67. The first kappa shape index (κ1) is 21.7. The van der Waals surface area contributed by atoms with Crippen molar-refractivity contribution in [3.63, 3.8) is 0 Å². The van der Waals surface area contributed by atoms with E-state index in [0.29, 0.717) is 12.1 Å². The van der Waals surface area contributed by atoms with Gasteiger partial charge in [-0.05, 0) is 12.1 Å². The van der Waals surface area contributed by atoms with E-state index in [1.54, 1.807) is 12.1 Å². The molecule has 7 heteroatoms. The van der Waals surface area contributed by atoms with Crippen molar-refractivity contribution in [1.29, 1.82) is 5.26 Å². The maximum absolute atomic E-state index is 10.1. The minimum Gasteiger partial charge on any atom is -0.394 e. The van der Waals surface area contributed by atoms with Crippen LogP contribution in [0.3, 0.4) is 0 Å². The maximum atomic E-state index is 10.1. The van der Waals surface area contributed by atoms with E-state index in [2.05, 4.69) is 11.1 Å². The van der Waals surface area contributed by atoms with E-state index < -0.39 is 37.0 Å². The number of aliphatic hydroxyl groups excluding tert-OH is 1. The molecule has 1 aromatic heterocycles. The van der Waals surface area contributed by atoms with Crippen LogP contribution in [-0.4, -0.2) is 41.1 Å². The van der Waals surface area contributed by atoms with Crippen molar-refractivity contribution in [3.8, 4) is 6.07 Å². The number of aromatic nitrogens is 1. The number of benzene rings is 2. The van der Waals surface area contributed by atoms with Crippen molar-refractivity contribution < 1.29 is 24.1 Å². The summed E-state index contributed by atoms with van der Waals surface area (Å²) in [5, 5.41) is 19.4. The number of ether oxygens (including phenoxy) is 4. The third-order valence-electron chi connectivity index (χ3n) is 5.87. The lowest BCUT2D eigenvalue weighted by molar-refractivity contribution is -0.384. The SMILES string of the molecule is N#Cc1cccc(C[C@H]2OC(c3ccccc3)O[C@H]3[C@H]2OC(c2ccccc2)O[C@@H]3CO)n1. The fourth-order valence-corrected chi connectivity index (χ4v) is 4.28. The smallest absolute Gasteiger partial charge is 0.184 e. The Morgan fingerprint density at radius 3 is 1.88 bits per heavy atom. The van der Waals surface area contributed by atoms with Crippen molar-refractivity contribution in [2.45, 2.75) is 43.4 Å². The van der Waals surface area contributed by atoms with Gasteiger partial charge in [0, 0.05) is 23.2 Å². The summed E-state index contributed by atoms with van der Waals surface area (Å²) in [7, 11) is 0. The Labute approximate surface area is 192 Å². The zero-order chi connectivity index (χ0) is 22.6. The van der Waals surface area contributed by atoms with Gasteiger partial charge < -0.3 is 24.1 Å². The van der Waals surface area contributed by atoms with Crippen LogP contribution in [0.5, 0.6) is 0 Å². The molecule has 3 aromatic rings. The largest absolute Gasteiger partial charge is 0.394 e. The number of nitriles is 1. The summed E-state index contributed by atoms with van der Waals surface area (Å²) in [5.74, 6) is 0. The minimum absolute atomic E-state index is 0.218. The van der Waals surface area contributed by atoms with Gasteiger partial charge in [0.05, 0.1) is 12.7 Å². The molecule has 7 nitrogen and oxygen atoms in total. The summed E-state index contributed by atoms with van der Waals surface area (Å²) in [6.45, 7) is -0.218. The average molecular weight is 444 g/mol. The molecular weight excluding hydrogens is 420 g/mol. The molecule has 5 rings (SSSR count). The van der Waals surface area contributed by atoms with Gasteiger partial charge in [-0.25, -0.2) is 4.98 Å². The van der Waals surface area contributed by atoms with Crippen LogP contribution >= 0.6 is 0 Å². The Bertz CT molecular complexity index is 1100. The normalized spacial score (nSPS) is 29.1. The van der Waals surface area contributed by atoms with E-state index in [0.717, 1.165) is 16.8 Å². The van der Waals surface area contributed by atoms with Gasteiger partial charge >= 0.3 is 0 Å². The predicted molar refractivity (Wildman–Crippen MR) is 118 cm³/mol. The van der Waals surface area contributed by atoms with Gasteiger partial charge in [0.15, 0.2) is 12.6 Å². The number of fused-ring (bicyclic) bond motifs is 1. The molecule has 0 spiro atoms. The molecule has 2 saturated heterocycles. The second-order valence-corrected chi connectivity index (χ2v) is 8.05. The number of nitrogens with zero attached hydrogens (tertiary/aromatic N) is 2. The van der Waals surface area contributed by atoms with E-state index >= 15 is 0 Å². The molecule has 2 aliphatic heterocycles. The van der Waals surface area contributed by atoms with Crippen LogP contribution in [0, 0.1) is 11.3 Å². The Morgan fingerprint density at radius 2 is 1.30 bits per heavy atom. The van der Waals surface area contributed by atoms with E-state index in [-0.39, 0.29) is 6.61 Å². The minimum atomic E-state index is -0.661. The fourth-order valence-electron chi connectivity index (χ4n) is 4.28. The average Bonchev–Trinajstić information content (AvgIpc) is 2.89. The Morgan fingerprint density at radius 1 is 0.727 bits per heavy atom. The highest BCUT2D eigenvalue weighted by Gasteiger charge is 2.50. The summed E-state index contributed by atoms with van der Waals surface area (Å²) in [6.07, 6.45) is -2.96. The summed E-state index contributed by atoms with van der Waals surface area (Å²) in [6, 6.07) is 26.6. The summed E-state index contributed by atoms with van der Waals surface area (Å²) in [4.78, 5) is 4.42. The van der Waals surface area contributed by atoms with Gasteiger partial charge in [0.25, 0.3) is 0 Å². The molecule has 6 atom stereocenters. The first-order valence-corrected chi connectivity index (χ1v) is 10.9. The molecule has 3 heterocycles. The van der Waals surface area contributed by atoms with Gasteiger partial charge in [0.2, 0.25) is 0 Å². The first-order chi connectivity index (χ1) is 16.2. The second kappa shape index (κ2) is 9.79. The summed E-state index contributed by atoms with van der Waals surface area (Å²) in [5.41, 5.74) is 2.78. The Hall–Kier alpha value is -3.12. The number of hydrogen-bond acceptors (Lipinski definition) is 7. The van der Waals surface area contributed by atoms with Gasteiger partial charge in [0.1, 0.15) is 30.1 Å². The zero-order valence-electron chi connectivity index (χ0n) is 17.9. The number of rotatable bonds is 5. The van der Waals surface area contributed by atoms with Crippen LogP contribution in [0.25, 0.3) is 0 Å². The van der Waals surface area contributed by atoms with E-state index in [1.165, 1.54) is 0 Å². The van der Waals surface area contributed by atoms with Crippen LogP contribution in [0.1, 0.15) is 35.1 Å². The molecule has 168 valence electrons. The molecule has 0 amide bonds. The van der Waals surface area contributed by atoms with Crippen molar-refractivity contribution in [2.24, 2.45) is 0 Å². The lowest BCUT2D eigenvalue weighted by Crippen LogP contribution is -2.59. The van der Waals surface area contributed by atoms with Gasteiger partial charge in [-0.15, -0.1) is 0 Å². The van der Waals surface area contributed by atoms with Gasteiger partial charge in [-0.1, -0.05) is 66.7 Å². The lowest BCUT2D eigenvalue weighted by atomic mass is 9.95. The number of hydrogen-bond donors (Lipinski definition) is 1. The van der Waals surface area contributed by atoms with Crippen molar-refractivity contribution in [2.75, 3.05) is 6.61 Å². The van der Waals surface area contributed by atoms with Crippen LogP contribution in [0.2, 0.25) is 0 Å². The predicted octanol–water partition coefficient (Wildman–Crippen LogP) is 3.45. The maximum Gasteiger partial charge on any atom is 0.184 e. The highest BCUT2D eigenvalue weighted by Crippen LogP contribution is 2.41.